The number of ketones is 3. The molecule has 0 radical (unpaired) electrons. The second kappa shape index (κ2) is 19.8. The first-order chi connectivity index (χ1) is 50.3. The van der Waals surface area contributed by atoms with Crippen LogP contribution in [-0.4, -0.2) is 187 Å². The van der Waals surface area contributed by atoms with Gasteiger partial charge in [0.05, 0.1) is 114 Å². The molecule has 0 aromatic rings. The van der Waals surface area contributed by atoms with Crippen LogP contribution in [-0.2, 0) is 71.2 Å². The zero-order valence-electron chi connectivity index (χ0n) is 65.1. The minimum absolute atomic E-state index is 0.0205. The molecule has 27 rings (SSSR count). The van der Waals surface area contributed by atoms with Crippen molar-refractivity contribution in [3.8, 4) is 0 Å². The van der Waals surface area contributed by atoms with Gasteiger partial charge in [-0.1, -0.05) is 44.9 Å². The zero-order valence-corrected chi connectivity index (χ0v) is 65.1. The fraction of sp³-hybridized carbons (Fsp3) is 0.828. The first-order valence-corrected chi connectivity index (χ1v) is 41.6. The van der Waals surface area contributed by atoms with Gasteiger partial charge in [0.25, 0.3) is 0 Å². The number of carbonyl (C=O) groups is 3. The van der Waals surface area contributed by atoms with Crippen molar-refractivity contribution in [2.75, 3.05) is 0 Å². The highest BCUT2D eigenvalue weighted by molar-refractivity contribution is 5.99. The second-order valence-electron chi connectivity index (χ2n) is 42.3. The van der Waals surface area contributed by atoms with E-state index in [1.54, 1.807) is 18.2 Å². The van der Waals surface area contributed by atoms with Gasteiger partial charge in [0.2, 0.25) is 5.79 Å². The summed E-state index contributed by atoms with van der Waals surface area (Å²) in [5.74, 6) is -0.837. The van der Waals surface area contributed by atoms with E-state index in [0.717, 1.165) is 51.4 Å². The molecule has 6 N–H and O–H groups in total. The molecule has 12 aliphatic carbocycles. The van der Waals surface area contributed by atoms with Gasteiger partial charge < -0.3 is 87.5 Å². The molecule has 15 saturated heterocycles. The number of fused-ring (bicyclic) bond motifs is 21. The molecular weight excluding hydrogens is 1380 g/mol. The number of hydrogen-bond acceptors (Lipinski definition) is 21. The van der Waals surface area contributed by atoms with E-state index in [1.807, 2.05) is 73.6 Å². The van der Waals surface area contributed by atoms with E-state index in [9.17, 15) is 45.0 Å². The highest BCUT2D eigenvalue weighted by atomic mass is 16.8. The van der Waals surface area contributed by atoms with E-state index in [-0.39, 0.29) is 132 Å². The number of allylic oxidation sites excluding steroid dienone is 3. The minimum atomic E-state index is -1.43. The maximum Gasteiger partial charge on any atom is 0.202 e. The molecule has 21 heteroatoms. The van der Waals surface area contributed by atoms with Gasteiger partial charge in [-0.15, -0.1) is 0 Å². The molecule has 27 aliphatic rings. The van der Waals surface area contributed by atoms with E-state index < -0.39 is 123 Å². The third-order valence-corrected chi connectivity index (χ3v) is 38.8. The number of aliphatic hydroxyl groups is 6. The fourth-order valence-electron chi connectivity index (χ4n) is 31.2. The lowest BCUT2D eigenvalue weighted by atomic mass is 9.44. The number of ether oxygens (including phenoxy) is 12. The highest BCUT2D eigenvalue weighted by Gasteiger charge is 2.91. The summed E-state index contributed by atoms with van der Waals surface area (Å²) in [5.41, 5.74) is -14.0. The summed E-state index contributed by atoms with van der Waals surface area (Å²) in [6.45, 7) is 36.4. The number of hydrogen-bond donors (Lipinski definition) is 6. The maximum absolute atomic E-state index is 13.5. The van der Waals surface area contributed by atoms with Crippen molar-refractivity contribution in [3.05, 3.63) is 73.5 Å². The van der Waals surface area contributed by atoms with Crippen molar-refractivity contribution in [1.29, 1.82) is 0 Å². The first-order valence-electron chi connectivity index (χ1n) is 41.6. The molecule has 15 heterocycles. The van der Waals surface area contributed by atoms with E-state index in [1.165, 1.54) is 0 Å². The summed E-state index contributed by atoms with van der Waals surface area (Å²) in [6.07, 6.45) is 22.1. The monoisotopic (exact) mass is 1490 g/mol. The lowest BCUT2D eigenvalue weighted by molar-refractivity contribution is -0.440. The van der Waals surface area contributed by atoms with Crippen LogP contribution in [0, 0.1) is 85.8 Å². The summed E-state index contributed by atoms with van der Waals surface area (Å²) in [6, 6.07) is 0. The lowest BCUT2D eigenvalue weighted by Crippen LogP contribution is -2.79. The Bertz CT molecular complexity index is 4070. The number of epoxide rings is 3. The van der Waals surface area contributed by atoms with Crippen LogP contribution in [0.15, 0.2) is 73.5 Å². The molecule has 0 aromatic carbocycles. The summed E-state index contributed by atoms with van der Waals surface area (Å²) in [5, 5.41) is 70.4. The molecule has 108 heavy (non-hydrogen) atoms. The van der Waals surface area contributed by atoms with Crippen molar-refractivity contribution >= 4 is 17.3 Å². The highest BCUT2D eigenvalue weighted by Crippen LogP contribution is 2.81. The summed E-state index contributed by atoms with van der Waals surface area (Å²) < 4.78 is 81.2. The molecule has 0 amide bonds. The van der Waals surface area contributed by atoms with Crippen LogP contribution < -0.4 is 0 Å². The molecule has 0 aromatic heterocycles. The summed E-state index contributed by atoms with van der Waals surface area (Å²) >= 11 is 0. The Kier molecular flexibility index (Phi) is 13.0. The largest absolute Gasteiger partial charge is 0.494 e. The van der Waals surface area contributed by atoms with Crippen molar-refractivity contribution < 1.29 is 102 Å². The number of rotatable bonds is 3. The average Bonchev–Trinajstić information content (AvgIpc) is 1.46. The molecule has 21 nitrogen and oxygen atoms in total. The molecule has 24 fully saturated rings. The quantitative estimate of drug-likeness (QED) is 0.143. The molecule has 39 atom stereocenters. The van der Waals surface area contributed by atoms with Crippen LogP contribution in [0.1, 0.15) is 218 Å². The van der Waals surface area contributed by atoms with Crippen LogP contribution in [0.5, 0.6) is 0 Å². The molecule has 6 spiro atoms. The normalized spacial score (nSPS) is 65.9. The summed E-state index contributed by atoms with van der Waals surface area (Å²) in [7, 11) is 0. The van der Waals surface area contributed by atoms with Gasteiger partial charge in [-0.3, -0.25) is 14.4 Å². The van der Waals surface area contributed by atoms with Gasteiger partial charge in [-0.05, 0) is 208 Å². The van der Waals surface area contributed by atoms with Gasteiger partial charge in [-0.25, -0.2) is 0 Å². The Hall–Kier alpha value is -3.75. The maximum atomic E-state index is 13.5. The Balaban J connectivity index is 0.000000100. The van der Waals surface area contributed by atoms with Gasteiger partial charge in [0, 0.05) is 62.7 Å². The van der Waals surface area contributed by atoms with Gasteiger partial charge in [0.1, 0.15) is 64.6 Å². The smallest absolute Gasteiger partial charge is 0.202 e. The predicted octanol–water partition coefficient (Wildman–Crippen LogP) is 9.52. The SMILES string of the molecule is C=C1OC2C[C@@](C)(O)C1(C)C[C@@]2(O)[C@@]12CC[C@@]3(O1)C1C(O2)[C@H]2O[C@]24CC=CC(=O)[C@]4(C)[C@H]1CC[C@H]3C.C=C1OC2C[C@@](C)(O)C1(C)C[C@H]2[C@@]12CC[C@@]3(O1)C1C(O2)[C@H]2O[C@]24CC=CC(=O)[C@]4(C)[C@H]1CC[C@@]3(C)O.C=C1OC2C[C@@](C)(O)C1(C)C[C@H]2[C@@]12CC[C@@]3(O1)C1C(O2)[C@H]2O[C@]24CC=CC(=O)[C@]4(C)[C@H]1CC[C@]3(C)O. The number of carbonyl (C=O) groups excluding carboxylic acids is 3. The van der Waals surface area contributed by atoms with Crippen LogP contribution >= 0.6 is 0 Å². The molecular formula is C87H114O21. The predicted molar refractivity (Wildman–Crippen MR) is 382 cm³/mol. The van der Waals surface area contributed by atoms with E-state index in [2.05, 4.69) is 47.4 Å². The van der Waals surface area contributed by atoms with Crippen LogP contribution in [0.4, 0.5) is 0 Å². The Labute approximate surface area is 632 Å². The van der Waals surface area contributed by atoms with Gasteiger partial charge >= 0.3 is 0 Å². The van der Waals surface area contributed by atoms with Crippen molar-refractivity contribution in [2.45, 2.75) is 357 Å². The first kappa shape index (κ1) is 70.8. The fourth-order valence-corrected chi connectivity index (χ4v) is 31.2. The Morgan fingerprint density at radius 3 is 1.22 bits per heavy atom. The van der Waals surface area contributed by atoms with E-state index in [0.29, 0.717) is 87.9 Å². The van der Waals surface area contributed by atoms with Crippen molar-refractivity contribution in [2.24, 2.45) is 85.8 Å². The summed E-state index contributed by atoms with van der Waals surface area (Å²) in [4.78, 5) is 40.5. The van der Waals surface area contributed by atoms with Crippen LogP contribution in [0.25, 0.3) is 0 Å². The lowest BCUT2D eigenvalue weighted by Gasteiger charge is -2.68. The minimum Gasteiger partial charge on any atom is -0.494 e. The van der Waals surface area contributed by atoms with Crippen molar-refractivity contribution in [3.63, 3.8) is 0 Å². The third kappa shape index (κ3) is 7.29. The standard InChI is InChI=1S/3C29H38O7/c1-15-8-9-17-20-21(22-28(35-22)10-6-7-18(30)25(17,28)5)34-29(12-11-26(15,20)36-29)27(32)14-23(3)16(2)33-19(27)13-24(23,4)31;2*1-15-23(2)13-17(18(33-15)14-25(23,4)32)29-12-11-27(36-29)20-16(8-10-24(27,3)31)26(5)19(30)7-6-9-28(26)22(35-28)21(20)34-29/h6-7,15,17,19-22,31-32H,2,8-14H2,1,3-5H3;2*6-7,16-18,20-22,31-32H,1,8-14H2,2-5H3/t15-,17+,19?,20?,21?,22-,23?,24-,25+,26+,27+,28-,29-;16-,17+,18?,20?,21?,22+,23?,24+,25+,26-,27+,28+,29+;16-,17+,18?,20?,21?,22+,23?,24-,25+,26-,27+,28+,29+/m100/s1. The van der Waals surface area contributed by atoms with Crippen molar-refractivity contribution in [1.82, 2.24) is 0 Å². The molecule has 588 valence electrons. The molecule has 9 saturated carbocycles. The Morgan fingerprint density at radius 2 is 0.796 bits per heavy atom. The van der Waals surface area contributed by atoms with Crippen LogP contribution in [0.3, 0.4) is 0 Å². The van der Waals surface area contributed by atoms with E-state index >= 15 is 0 Å². The van der Waals surface area contributed by atoms with Crippen LogP contribution in [0.2, 0.25) is 0 Å². The van der Waals surface area contributed by atoms with Gasteiger partial charge in [-0.2, -0.15) is 0 Å². The second-order valence-corrected chi connectivity index (χ2v) is 42.3. The third-order valence-electron chi connectivity index (χ3n) is 38.8. The average molecular weight is 1500 g/mol. The zero-order chi connectivity index (χ0) is 75.9. The molecule has 12 bridgehead atoms. The molecule has 12 unspecified atom stereocenters. The van der Waals surface area contributed by atoms with Gasteiger partial charge in [0.15, 0.2) is 34.5 Å². The van der Waals surface area contributed by atoms with E-state index in [4.69, 9.17) is 56.8 Å². The molecule has 15 aliphatic heterocycles. The topological polar surface area (TPSA) is 293 Å². The Morgan fingerprint density at radius 1 is 0.389 bits per heavy atom.